The highest BCUT2D eigenvalue weighted by molar-refractivity contribution is 7.54. The summed E-state index contributed by atoms with van der Waals surface area (Å²) in [5.41, 5.74) is 1.16. The maximum absolute atomic E-state index is 12.0. The molecule has 0 aromatic heterocycles. The molecule has 1 aromatic rings. The van der Waals surface area contributed by atoms with Gasteiger partial charge in [-0.15, -0.1) is 0 Å². The van der Waals surface area contributed by atoms with Crippen LogP contribution in [0.25, 0.3) is 0 Å². The molecule has 0 spiro atoms. The minimum absolute atomic E-state index is 0.0388. The van der Waals surface area contributed by atoms with E-state index in [2.05, 4.69) is 0 Å². The largest absolute Gasteiger partial charge is 0.380 e. The van der Waals surface area contributed by atoms with Crippen LogP contribution in [0.15, 0.2) is 30.3 Å². The van der Waals surface area contributed by atoms with Crippen LogP contribution in [0.4, 0.5) is 0 Å². The van der Waals surface area contributed by atoms with Gasteiger partial charge in [-0.25, -0.2) is 0 Å². The minimum atomic E-state index is -3.37. The molecule has 4 nitrogen and oxygen atoms in total. The van der Waals surface area contributed by atoms with Crippen LogP contribution in [0.3, 0.4) is 0 Å². The molecule has 1 N–H and O–H groups in total. The van der Waals surface area contributed by atoms with Crippen LogP contribution in [0, 0.1) is 5.92 Å². The molecular weight excluding hydrogens is 239 g/mol. The summed E-state index contributed by atoms with van der Waals surface area (Å²) in [6.45, 7) is 0. The molecule has 0 amide bonds. The van der Waals surface area contributed by atoms with Crippen LogP contribution in [-0.2, 0) is 13.6 Å². The van der Waals surface area contributed by atoms with Crippen molar-refractivity contribution in [3.8, 4) is 0 Å². The Bertz CT molecular complexity index is 412. The zero-order valence-corrected chi connectivity index (χ0v) is 10.8. The van der Waals surface area contributed by atoms with E-state index >= 15 is 0 Å². The van der Waals surface area contributed by atoms with Gasteiger partial charge >= 0.3 is 7.60 Å². The molecule has 3 atom stereocenters. The summed E-state index contributed by atoms with van der Waals surface area (Å²) in [6.07, 6.45) is 0.821. The highest BCUT2D eigenvalue weighted by atomic mass is 31.2. The summed E-state index contributed by atoms with van der Waals surface area (Å²) < 4.78 is 21.6. The number of aliphatic hydroxyl groups is 1. The smallest absolute Gasteiger partial charge is 0.358 e. The lowest BCUT2D eigenvalue weighted by Gasteiger charge is -2.19. The number of rotatable bonds is 5. The van der Waals surface area contributed by atoms with Crippen molar-refractivity contribution in [1.82, 2.24) is 0 Å². The monoisotopic (exact) mass is 256 g/mol. The first-order chi connectivity index (χ1) is 8.12. The molecule has 0 radical (unpaired) electrons. The summed E-state index contributed by atoms with van der Waals surface area (Å²) in [6, 6.07) is 9.91. The van der Waals surface area contributed by atoms with Crippen molar-refractivity contribution in [2.75, 3.05) is 14.2 Å². The fraction of sp³-hybridized carbons (Fsp3) is 0.500. The molecule has 0 bridgehead atoms. The Morgan fingerprint density at radius 2 is 1.88 bits per heavy atom. The molecular formula is C12H17O4P. The van der Waals surface area contributed by atoms with Gasteiger partial charge < -0.3 is 14.2 Å². The minimum Gasteiger partial charge on any atom is -0.380 e. The van der Waals surface area contributed by atoms with Gasteiger partial charge in [0.1, 0.15) is 0 Å². The van der Waals surface area contributed by atoms with Crippen molar-refractivity contribution in [1.29, 1.82) is 0 Å². The molecule has 1 aromatic carbocycles. The average Bonchev–Trinajstić information content (AvgIpc) is 3.18. The van der Waals surface area contributed by atoms with Crippen LogP contribution in [0.1, 0.15) is 17.9 Å². The number of aliphatic hydroxyl groups excluding tert-OH is 1. The Kier molecular flexibility index (Phi) is 3.69. The van der Waals surface area contributed by atoms with Gasteiger partial charge in [0.2, 0.25) is 0 Å². The number of hydrogen-bond acceptors (Lipinski definition) is 4. The molecule has 0 aliphatic heterocycles. The van der Waals surface area contributed by atoms with E-state index in [4.69, 9.17) is 9.05 Å². The first-order valence-corrected chi connectivity index (χ1v) is 7.17. The van der Waals surface area contributed by atoms with Gasteiger partial charge in [0.25, 0.3) is 0 Å². The topological polar surface area (TPSA) is 55.8 Å². The highest BCUT2D eigenvalue weighted by Gasteiger charge is 2.51. The van der Waals surface area contributed by atoms with E-state index in [9.17, 15) is 9.67 Å². The molecule has 0 heterocycles. The molecule has 1 saturated carbocycles. The Morgan fingerprint density at radius 3 is 2.41 bits per heavy atom. The predicted molar refractivity (Wildman–Crippen MR) is 64.9 cm³/mol. The van der Waals surface area contributed by atoms with Gasteiger partial charge in [-0.3, -0.25) is 4.57 Å². The summed E-state index contributed by atoms with van der Waals surface area (Å²) >= 11 is 0. The van der Waals surface area contributed by atoms with Gasteiger partial charge in [0.15, 0.2) is 5.85 Å². The molecule has 94 valence electrons. The molecule has 1 aliphatic rings. The predicted octanol–water partition coefficient (Wildman–Crippen LogP) is 2.59. The van der Waals surface area contributed by atoms with Crippen molar-refractivity contribution in [2.24, 2.45) is 5.92 Å². The third kappa shape index (κ3) is 2.45. The lowest BCUT2D eigenvalue weighted by atomic mass is 10.1. The SMILES string of the molecule is COP(=O)(OC)[C@H](O)[C@H]1C[C@@H]1c1ccccc1. The van der Waals surface area contributed by atoms with E-state index in [1.165, 1.54) is 14.2 Å². The van der Waals surface area contributed by atoms with Crippen LogP contribution in [0.5, 0.6) is 0 Å². The van der Waals surface area contributed by atoms with Crippen molar-refractivity contribution in [3.63, 3.8) is 0 Å². The zero-order chi connectivity index (χ0) is 12.5. The molecule has 17 heavy (non-hydrogen) atoms. The van der Waals surface area contributed by atoms with E-state index in [-0.39, 0.29) is 11.8 Å². The Morgan fingerprint density at radius 1 is 1.29 bits per heavy atom. The maximum atomic E-state index is 12.0. The van der Waals surface area contributed by atoms with E-state index < -0.39 is 13.4 Å². The molecule has 0 unspecified atom stereocenters. The Balaban J connectivity index is 2.06. The fourth-order valence-corrected chi connectivity index (χ4v) is 3.53. The standard InChI is InChI=1S/C12H17O4P/c1-15-17(14,16-2)12(13)11-8-10(11)9-6-4-3-5-7-9/h3-7,10-13H,8H2,1-2H3/t10-,11+,12+/m1/s1. The van der Waals surface area contributed by atoms with Gasteiger partial charge in [-0.1, -0.05) is 30.3 Å². The van der Waals surface area contributed by atoms with Crippen LogP contribution in [-0.4, -0.2) is 25.2 Å². The summed E-state index contributed by atoms with van der Waals surface area (Å²) in [4.78, 5) is 0. The molecule has 2 rings (SSSR count). The van der Waals surface area contributed by atoms with Crippen molar-refractivity contribution in [3.05, 3.63) is 35.9 Å². The van der Waals surface area contributed by atoms with Crippen LogP contribution in [0.2, 0.25) is 0 Å². The van der Waals surface area contributed by atoms with E-state index in [1.807, 2.05) is 30.3 Å². The third-order valence-corrected chi connectivity index (χ3v) is 5.33. The lowest BCUT2D eigenvalue weighted by molar-refractivity contribution is 0.158. The maximum Gasteiger partial charge on any atom is 0.358 e. The Labute approximate surface area is 101 Å². The summed E-state index contributed by atoms with van der Waals surface area (Å²) in [7, 11) is -0.770. The second-order valence-electron chi connectivity index (χ2n) is 4.24. The van der Waals surface area contributed by atoms with Gasteiger partial charge in [-0.2, -0.15) is 0 Å². The Hall–Kier alpha value is -0.670. The highest BCUT2D eigenvalue weighted by Crippen LogP contribution is 2.62. The summed E-state index contributed by atoms with van der Waals surface area (Å²) in [5.74, 6) is -0.823. The zero-order valence-electron chi connectivity index (χ0n) is 9.95. The fourth-order valence-electron chi connectivity index (χ4n) is 2.15. The van der Waals surface area contributed by atoms with Crippen LogP contribution >= 0.6 is 7.60 Å². The normalized spacial score (nSPS) is 25.6. The molecule has 1 fully saturated rings. The average molecular weight is 256 g/mol. The second-order valence-corrected chi connectivity index (χ2v) is 6.57. The van der Waals surface area contributed by atoms with Gasteiger partial charge in [-0.05, 0) is 17.9 Å². The van der Waals surface area contributed by atoms with E-state index in [0.29, 0.717) is 0 Å². The summed E-state index contributed by atoms with van der Waals surface area (Å²) in [5, 5.41) is 10.0. The third-order valence-electron chi connectivity index (χ3n) is 3.28. The molecule has 5 heteroatoms. The first kappa shape index (κ1) is 12.8. The van der Waals surface area contributed by atoms with E-state index in [0.717, 1.165) is 12.0 Å². The molecule has 0 saturated heterocycles. The molecule has 1 aliphatic carbocycles. The first-order valence-electron chi connectivity index (χ1n) is 5.56. The quantitative estimate of drug-likeness (QED) is 0.823. The van der Waals surface area contributed by atoms with Crippen molar-refractivity contribution >= 4 is 7.60 Å². The van der Waals surface area contributed by atoms with Gasteiger partial charge in [0, 0.05) is 20.1 Å². The number of benzene rings is 1. The lowest BCUT2D eigenvalue weighted by Crippen LogP contribution is -2.13. The number of hydrogen-bond donors (Lipinski definition) is 1. The van der Waals surface area contributed by atoms with Crippen LogP contribution < -0.4 is 0 Å². The van der Waals surface area contributed by atoms with Crippen molar-refractivity contribution < 1.29 is 18.7 Å². The van der Waals surface area contributed by atoms with E-state index in [1.54, 1.807) is 0 Å². The van der Waals surface area contributed by atoms with Gasteiger partial charge in [0.05, 0.1) is 0 Å². The second kappa shape index (κ2) is 4.91. The van der Waals surface area contributed by atoms with Crippen molar-refractivity contribution in [2.45, 2.75) is 18.2 Å².